The van der Waals surface area contributed by atoms with Crippen LogP contribution in [0.4, 0.5) is 0 Å². The van der Waals surface area contributed by atoms with Crippen LogP contribution in [0.25, 0.3) is 0 Å². The Morgan fingerprint density at radius 3 is 2.59 bits per heavy atom. The van der Waals surface area contributed by atoms with Crippen LogP contribution in [-0.4, -0.2) is 5.91 Å². The van der Waals surface area contributed by atoms with E-state index in [0.29, 0.717) is 13.0 Å². The second-order valence-corrected chi connectivity index (χ2v) is 5.47. The van der Waals surface area contributed by atoms with Crippen LogP contribution >= 0.6 is 12.4 Å². The Kier molecular flexibility index (Phi) is 5.99. The van der Waals surface area contributed by atoms with Gasteiger partial charge in [-0.05, 0) is 28.7 Å². The first kappa shape index (κ1) is 16.5. The van der Waals surface area contributed by atoms with Crippen molar-refractivity contribution in [2.24, 2.45) is 0 Å². The zero-order valence-electron chi connectivity index (χ0n) is 12.5. The number of nitrogens with one attached hydrogen (secondary N) is 2. The summed E-state index contributed by atoms with van der Waals surface area (Å²) in [6.07, 6.45) is 1.33. The standard InChI is InChI=1S/C18H20N2O.ClH/c21-18(9-7-14-4-2-1-3-5-14)20-11-15-6-8-16-12-19-13-17(16)10-15;/h1-6,8,10,19H,7,9,11-13H2,(H,20,21);1H. The molecule has 1 heterocycles. The van der Waals surface area contributed by atoms with Crippen molar-refractivity contribution in [2.45, 2.75) is 32.5 Å². The first-order valence-electron chi connectivity index (χ1n) is 7.43. The van der Waals surface area contributed by atoms with E-state index >= 15 is 0 Å². The maximum Gasteiger partial charge on any atom is 0.220 e. The number of carbonyl (C=O) groups is 1. The third-order valence-corrected chi connectivity index (χ3v) is 3.87. The van der Waals surface area contributed by atoms with Gasteiger partial charge in [0.2, 0.25) is 5.91 Å². The second-order valence-electron chi connectivity index (χ2n) is 5.47. The summed E-state index contributed by atoms with van der Waals surface area (Å²) in [6, 6.07) is 16.6. The molecule has 0 radical (unpaired) electrons. The molecule has 4 heteroatoms. The third kappa shape index (κ3) is 4.33. The lowest BCUT2D eigenvalue weighted by molar-refractivity contribution is -0.121. The molecule has 2 N–H and O–H groups in total. The van der Waals surface area contributed by atoms with E-state index in [2.05, 4.69) is 41.0 Å². The first-order valence-corrected chi connectivity index (χ1v) is 7.43. The SMILES string of the molecule is Cl.O=C(CCc1ccccc1)NCc1ccc2c(c1)CNC2. The lowest BCUT2D eigenvalue weighted by Gasteiger charge is -2.07. The predicted octanol–water partition coefficient (Wildman–Crippen LogP) is 2.96. The number of amides is 1. The molecule has 2 aromatic carbocycles. The van der Waals surface area contributed by atoms with Gasteiger partial charge in [-0.15, -0.1) is 12.4 Å². The number of hydrogen-bond acceptors (Lipinski definition) is 2. The molecule has 22 heavy (non-hydrogen) atoms. The Morgan fingerprint density at radius 1 is 1.00 bits per heavy atom. The molecule has 0 aliphatic carbocycles. The van der Waals surface area contributed by atoms with Crippen LogP contribution in [0.1, 0.15) is 28.7 Å². The molecule has 2 aromatic rings. The van der Waals surface area contributed by atoms with Gasteiger partial charge < -0.3 is 10.6 Å². The molecule has 1 amide bonds. The van der Waals surface area contributed by atoms with Crippen LogP contribution in [0.15, 0.2) is 48.5 Å². The van der Waals surface area contributed by atoms with E-state index in [-0.39, 0.29) is 18.3 Å². The fourth-order valence-electron chi connectivity index (χ4n) is 2.65. The van der Waals surface area contributed by atoms with Crippen molar-refractivity contribution in [3.63, 3.8) is 0 Å². The normalized spacial score (nSPS) is 12.4. The Balaban J connectivity index is 0.00000176. The smallest absolute Gasteiger partial charge is 0.220 e. The van der Waals surface area contributed by atoms with Gasteiger partial charge in [-0.25, -0.2) is 0 Å². The van der Waals surface area contributed by atoms with Gasteiger partial charge in [0.05, 0.1) is 0 Å². The molecule has 0 fully saturated rings. The molecule has 0 saturated carbocycles. The van der Waals surface area contributed by atoms with Crippen molar-refractivity contribution in [3.8, 4) is 0 Å². The van der Waals surface area contributed by atoms with Crippen molar-refractivity contribution in [1.82, 2.24) is 10.6 Å². The van der Waals surface area contributed by atoms with E-state index < -0.39 is 0 Å². The fourth-order valence-corrected chi connectivity index (χ4v) is 2.65. The number of hydrogen-bond donors (Lipinski definition) is 2. The van der Waals surface area contributed by atoms with Gasteiger partial charge in [0.15, 0.2) is 0 Å². The summed E-state index contributed by atoms with van der Waals surface area (Å²) in [5, 5.41) is 6.33. The average molecular weight is 317 g/mol. The van der Waals surface area contributed by atoms with E-state index in [1.165, 1.54) is 22.3 Å². The van der Waals surface area contributed by atoms with Crippen LogP contribution in [0.5, 0.6) is 0 Å². The molecule has 1 aliphatic heterocycles. The summed E-state index contributed by atoms with van der Waals surface area (Å²) in [5.74, 6) is 0.109. The van der Waals surface area contributed by atoms with Crippen LogP contribution in [0, 0.1) is 0 Å². The van der Waals surface area contributed by atoms with Gasteiger partial charge in [-0.1, -0.05) is 48.5 Å². The largest absolute Gasteiger partial charge is 0.352 e. The maximum atomic E-state index is 11.9. The highest BCUT2D eigenvalue weighted by Gasteiger charge is 2.10. The second kappa shape index (κ2) is 7.97. The summed E-state index contributed by atoms with van der Waals surface area (Å²) in [6.45, 7) is 2.51. The Bertz CT molecular complexity index is 628. The Hall–Kier alpha value is -1.84. The molecule has 0 atom stereocenters. The Morgan fingerprint density at radius 2 is 1.77 bits per heavy atom. The van der Waals surface area contributed by atoms with Crippen LogP contribution in [-0.2, 0) is 30.8 Å². The third-order valence-electron chi connectivity index (χ3n) is 3.87. The summed E-state index contributed by atoms with van der Waals surface area (Å²) in [4.78, 5) is 11.9. The molecule has 0 unspecified atom stereocenters. The molecule has 3 nitrogen and oxygen atoms in total. The van der Waals surface area contributed by atoms with E-state index in [1.807, 2.05) is 18.2 Å². The minimum absolute atomic E-state index is 0. The minimum atomic E-state index is 0. The minimum Gasteiger partial charge on any atom is -0.352 e. The van der Waals surface area contributed by atoms with Crippen molar-refractivity contribution < 1.29 is 4.79 Å². The topological polar surface area (TPSA) is 41.1 Å². The molecule has 1 aliphatic rings. The van der Waals surface area contributed by atoms with Crippen molar-refractivity contribution in [1.29, 1.82) is 0 Å². The van der Waals surface area contributed by atoms with Crippen molar-refractivity contribution in [2.75, 3.05) is 0 Å². The van der Waals surface area contributed by atoms with Gasteiger partial charge in [-0.2, -0.15) is 0 Å². The highest BCUT2D eigenvalue weighted by Crippen LogP contribution is 2.16. The summed E-state index contributed by atoms with van der Waals surface area (Å²) in [5.41, 5.74) is 5.10. The summed E-state index contributed by atoms with van der Waals surface area (Å²) < 4.78 is 0. The number of halogens is 1. The lowest BCUT2D eigenvalue weighted by atomic mass is 10.1. The summed E-state index contributed by atoms with van der Waals surface area (Å²) >= 11 is 0. The van der Waals surface area contributed by atoms with Gasteiger partial charge in [0, 0.05) is 26.1 Å². The molecule has 0 bridgehead atoms. The van der Waals surface area contributed by atoms with E-state index in [1.54, 1.807) is 0 Å². The van der Waals surface area contributed by atoms with Crippen LogP contribution in [0.2, 0.25) is 0 Å². The lowest BCUT2D eigenvalue weighted by Crippen LogP contribution is -2.23. The zero-order chi connectivity index (χ0) is 14.5. The average Bonchev–Trinajstić information content (AvgIpc) is 2.99. The predicted molar refractivity (Wildman–Crippen MR) is 90.8 cm³/mol. The molecular formula is C18H21ClN2O. The van der Waals surface area contributed by atoms with Crippen LogP contribution < -0.4 is 10.6 Å². The molecule has 0 saturated heterocycles. The van der Waals surface area contributed by atoms with Gasteiger partial charge in [-0.3, -0.25) is 4.79 Å². The van der Waals surface area contributed by atoms with Gasteiger partial charge >= 0.3 is 0 Å². The fraction of sp³-hybridized carbons (Fsp3) is 0.278. The highest BCUT2D eigenvalue weighted by atomic mass is 35.5. The Labute approximate surface area is 137 Å². The van der Waals surface area contributed by atoms with Crippen LogP contribution in [0.3, 0.4) is 0 Å². The molecular weight excluding hydrogens is 296 g/mol. The van der Waals surface area contributed by atoms with E-state index in [0.717, 1.165) is 19.5 Å². The number of fused-ring (bicyclic) bond motifs is 1. The van der Waals surface area contributed by atoms with Gasteiger partial charge in [0.25, 0.3) is 0 Å². The van der Waals surface area contributed by atoms with Crippen molar-refractivity contribution in [3.05, 3.63) is 70.8 Å². The zero-order valence-corrected chi connectivity index (χ0v) is 13.3. The monoisotopic (exact) mass is 316 g/mol. The first-order chi connectivity index (χ1) is 10.3. The van der Waals surface area contributed by atoms with Crippen molar-refractivity contribution >= 4 is 18.3 Å². The molecule has 0 spiro atoms. The number of carbonyl (C=O) groups excluding carboxylic acids is 1. The number of aryl methyl sites for hydroxylation is 1. The van der Waals surface area contributed by atoms with E-state index in [4.69, 9.17) is 0 Å². The molecule has 0 aromatic heterocycles. The summed E-state index contributed by atoms with van der Waals surface area (Å²) in [7, 11) is 0. The van der Waals surface area contributed by atoms with E-state index in [9.17, 15) is 4.79 Å². The van der Waals surface area contributed by atoms with Gasteiger partial charge in [0.1, 0.15) is 0 Å². The molecule has 3 rings (SSSR count). The molecule has 116 valence electrons. The quantitative estimate of drug-likeness (QED) is 0.890. The number of rotatable bonds is 5. The number of benzene rings is 2. The highest BCUT2D eigenvalue weighted by molar-refractivity contribution is 5.85. The maximum absolute atomic E-state index is 11.9.